The zero-order chi connectivity index (χ0) is 12.8. The first-order valence-electron chi connectivity index (χ1n) is 6.18. The second kappa shape index (κ2) is 6.49. The standard InChI is InChI=1S/C13H19N3O2/c14-12(11-4-2-1-3-5-11)10-13(17)15-16-6-8-18-9-7-16/h1-5,12H,6-10,14H2,(H,15,17). The molecule has 18 heavy (non-hydrogen) atoms. The largest absolute Gasteiger partial charge is 0.379 e. The average Bonchev–Trinajstić information content (AvgIpc) is 2.40. The van der Waals surface area contributed by atoms with Crippen molar-refractivity contribution >= 4 is 5.91 Å². The molecule has 0 aromatic heterocycles. The van der Waals surface area contributed by atoms with Crippen LogP contribution >= 0.6 is 0 Å². The number of hydrogen-bond acceptors (Lipinski definition) is 4. The van der Waals surface area contributed by atoms with Crippen molar-refractivity contribution in [3.8, 4) is 0 Å². The monoisotopic (exact) mass is 249 g/mol. The topological polar surface area (TPSA) is 67.6 Å². The van der Waals surface area contributed by atoms with Crippen molar-refractivity contribution in [1.29, 1.82) is 0 Å². The molecule has 1 aliphatic heterocycles. The van der Waals surface area contributed by atoms with Crippen LogP contribution in [-0.2, 0) is 9.53 Å². The van der Waals surface area contributed by atoms with Gasteiger partial charge in [-0.3, -0.25) is 10.2 Å². The minimum absolute atomic E-state index is 0.0479. The fourth-order valence-electron chi connectivity index (χ4n) is 1.91. The zero-order valence-corrected chi connectivity index (χ0v) is 10.3. The van der Waals surface area contributed by atoms with E-state index in [1.807, 2.05) is 35.3 Å². The molecule has 1 aliphatic rings. The number of hydrazine groups is 1. The summed E-state index contributed by atoms with van der Waals surface area (Å²) in [5.74, 6) is -0.0479. The Bertz CT molecular complexity index is 377. The lowest BCUT2D eigenvalue weighted by Crippen LogP contribution is -2.48. The van der Waals surface area contributed by atoms with Gasteiger partial charge >= 0.3 is 0 Å². The molecule has 0 radical (unpaired) electrons. The van der Waals surface area contributed by atoms with Crippen LogP contribution in [0.1, 0.15) is 18.0 Å². The van der Waals surface area contributed by atoms with Gasteiger partial charge in [-0.25, -0.2) is 5.01 Å². The van der Waals surface area contributed by atoms with Crippen LogP contribution in [0, 0.1) is 0 Å². The summed E-state index contributed by atoms with van der Waals surface area (Å²) in [4.78, 5) is 11.8. The van der Waals surface area contributed by atoms with Crippen LogP contribution in [0.25, 0.3) is 0 Å². The Balaban J connectivity index is 1.80. The van der Waals surface area contributed by atoms with Crippen molar-refractivity contribution in [2.45, 2.75) is 12.5 Å². The number of ether oxygens (including phenoxy) is 1. The fraction of sp³-hybridized carbons (Fsp3) is 0.462. The highest BCUT2D eigenvalue weighted by Crippen LogP contribution is 2.12. The summed E-state index contributed by atoms with van der Waals surface area (Å²) in [5.41, 5.74) is 9.83. The maximum Gasteiger partial charge on any atom is 0.236 e. The molecular formula is C13H19N3O2. The third kappa shape index (κ3) is 3.80. The summed E-state index contributed by atoms with van der Waals surface area (Å²) in [7, 11) is 0. The molecule has 5 nitrogen and oxygen atoms in total. The molecule has 2 rings (SSSR count). The Morgan fingerprint density at radius 2 is 2.00 bits per heavy atom. The minimum atomic E-state index is -0.257. The number of hydrogen-bond donors (Lipinski definition) is 2. The molecule has 1 amide bonds. The lowest BCUT2D eigenvalue weighted by molar-refractivity contribution is -0.128. The van der Waals surface area contributed by atoms with Gasteiger partial charge in [0.05, 0.1) is 13.2 Å². The number of nitrogens with two attached hydrogens (primary N) is 1. The number of morpholine rings is 1. The van der Waals surface area contributed by atoms with E-state index in [0.717, 1.165) is 18.7 Å². The summed E-state index contributed by atoms with van der Waals surface area (Å²) in [6.45, 7) is 2.77. The first-order chi connectivity index (χ1) is 8.75. The van der Waals surface area contributed by atoms with E-state index in [1.165, 1.54) is 0 Å². The molecule has 1 aromatic rings. The number of benzene rings is 1. The van der Waals surface area contributed by atoms with E-state index in [1.54, 1.807) is 0 Å². The fourth-order valence-corrected chi connectivity index (χ4v) is 1.91. The van der Waals surface area contributed by atoms with Gasteiger partial charge in [0, 0.05) is 25.6 Å². The van der Waals surface area contributed by atoms with E-state index in [-0.39, 0.29) is 11.9 Å². The van der Waals surface area contributed by atoms with Crippen molar-refractivity contribution in [3.63, 3.8) is 0 Å². The number of amides is 1. The molecule has 1 unspecified atom stereocenters. The van der Waals surface area contributed by atoms with E-state index in [2.05, 4.69) is 5.43 Å². The molecule has 1 atom stereocenters. The Hall–Kier alpha value is -1.43. The van der Waals surface area contributed by atoms with Gasteiger partial charge in [-0.15, -0.1) is 0 Å². The van der Waals surface area contributed by atoms with Crippen LogP contribution in [0.5, 0.6) is 0 Å². The lowest BCUT2D eigenvalue weighted by atomic mass is 10.0. The Morgan fingerprint density at radius 3 is 2.67 bits per heavy atom. The third-order valence-electron chi connectivity index (χ3n) is 2.93. The quantitative estimate of drug-likeness (QED) is 0.812. The van der Waals surface area contributed by atoms with E-state index in [0.29, 0.717) is 19.6 Å². The molecular weight excluding hydrogens is 230 g/mol. The average molecular weight is 249 g/mol. The molecule has 1 saturated heterocycles. The highest BCUT2D eigenvalue weighted by molar-refractivity contribution is 5.76. The van der Waals surface area contributed by atoms with Gasteiger partial charge in [0.25, 0.3) is 0 Å². The highest BCUT2D eigenvalue weighted by atomic mass is 16.5. The predicted octanol–water partition coefficient (Wildman–Crippen LogP) is 0.440. The molecule has 0 spiro atoms. The summed E-state index contributed by atoms with van der Waals surface area (Å²) in [5, 5.41) is 1.88. The number of nitrogens with one attached hydrogen (secondary N) is 1. The van der Waals surface area contributed by atoms with Crippen molar-refractivity contribution in [1.82, 2.24) is 10.4 Å². The molecule has 1 aromatic carbocycles. The maximum absolute atomic E-state index is 11.8. The SMILES string of the molecule is NC(CC(=O)NN1CCOCC1)c1ccccc1. The Morgan fingerprint density at radius 1 is 1.33 bits per heavy atom. The number of rotatable bonds is 4. The van der Waals surface area contributed by atoms with Gasteiger partial charge in [-0.1, -0.05) is 30.3 Å². The predicted molar refractivity (Wildman–Crippen MR) is 68.5 cm³/mol. The second-order valence-corrected chi connectivity index (χ2v) is 4.36. The van der Waals surface area contributed by atoms with Gasteiger partial charge in [0.15, 0.2) is 0 Å². The van der Waals surface area contributed by atoms with E-state index in [4.69, 9.17) is 10.5 Å². The van der Waals surface area contributed by atoms with Gasteiger partial charge in [0.1, 0.15) is 0 Å². The first kappa shape index (κ1) is 13.0. The summed E-state index contributed by atoms with van der Waals surface area (Å²) >= 11 is 0. The molecule has 5 heteroatoms. The Labute approximate surface area is 107 Å². The number of carbonyl (C=O) groups is 1. The zero-order valence-electron chi connectivity index (χ0n) is 10.3. The van der Waals surface area contributed by atoms with E-state index < -0.39 is 0 Å². The number of nitrogens with zero attached hydrogens (tertiary/aromatic N) is 1. The van der Waals surface area contributed by atoms with Gasteiger partial charge in [-0.05, 0) is 5.56 Å². The number of carbonyl (C=O) groups excluding carboxylic acids is 1. The first-order valence-corrected chi connectivity index (χ1v) is 6.18. The highest BCUT2D eigenvalue weighted by Gasteiger charge is 2.16. The van der Waals surface area contributed by atoms with Gasteiger partial charge in [0.2, 0.25) is 5.91 Å². The minimum Gasteiger partial charge on any atom is -0.379 e. The molecule has 0 saturated carbocycles. The van der Waals surface area contributed by atoms with Crippen LogP contribution < -0.4 is 11.2 Å². The summed E-state index contributed by atoms with van der Waals surface area (Å²) in [6.07, 6.45) is 0.293. The van der Waals surface area contributed by atoms with Crippen LogP contribution in [0.2, 0.25) is 0 Å². The molecule has 98 valence electrons. The third-order valence-corrected chi connectivity index (χ3v) is 2.93. The smallest absolute Gasteiger partial charge is 0.236 e. The maximum atomic E-state index is 11.8. The van der Waals surface area contributed by atoms with Crippen molar-refractivity contribution < 1.29 is 9.53 Å². The van der Waals surface area contributed by atoms with Gasteiger partial charge in [-0.2, -0.15) is 0 Å². The molecule has 0 bridgehead atoms. The van der Waals surface area contributed by atoms with E-state index >= 15 is 0 Å². The summed E-state index contributed by atoms with van der Waals surface area (Å²) < 4.78 is 5.21. The lowest BCUT2D eigenvalue weighted by Gasteiger charge is -2.27. The van der Waals surface area contributed by atoms with Gasteiger partial charge < -0.3 is 10.5 Å². The van der Waals surface area contributed by atoms with Crippen LogP contribution in [0.3, 0.4) is 0 Å². The van der Waals surface area contributed by atoms with E-state index in [9.17, 15) is 4.79 Å². The van der Waals surface area contributed by atoms with Crippen LogP contribution in [0.15, 0.2) is 30.3 Å². The van der Waals surface area contributed by atoms with Crippen molar-refractivity contribution in [2.24, 2.45) is 5.73 Å². The van der Waals surface area contributed by atoms with Crippen LogP contribution in [-0.4, -0.2) is 37.2 Å². The Kier molecular flexibility index (Phi) is 4.69. The summed E-state index contributed by atoms with van der Waals surface area (Å²) in [6, 6.07) is 9.40. The molecule has 0 aliphatic carbocycles. The molecule has 1 fully saturated rings. The molecule has 3 N–H and O–H groups in total. The second-order valence-electron chi connectivity index (χ2n) is 4.36. The molecule has 1 heterocycles. The van der Waals surface area contributed by atoms with Crippen LogP contribution in [0.4, 0.5) is 0 Å². The normalized spacial score (nSPS) is 18.3. The van der Waals surface area contributed by atoms with Crippen molar-refractivity contribution in [3.05, 3.63) is 35.9 Å². The van der Waals surface area contributed by atoms with Crippen molar-refractivity contribution in [2.75, 3.05) is 26.3 Å².